The van der Waals surface area contributed by atoms with Gasteiger partial charge in [0.1, 0.15) is 0 Å². The zero-order valence-corrected chi connectivity index (χ0v) is 14.3. The Balaban J connectivity index is 0. The number of allylic oxidation sites excluding steroid dienone is 5. The van der Waals surface area contributed by atoms with Crippen molar-refractivity contribution in [3.8, 4) is 0 Å². The number of hydrogen-bond acceptors (Lipinski definition) is 1. The molecule has 0 spiro atoms. The summed E-state index contributed by atoms with van der Waals surface area (Å²) >= 11 is 4.40. The van der Waals surface area contributed by atoms with Gasteiger partial charge in [0.05, 0.1) is 0 Å². The Morgan fingerprint density at radius 3 is 1.81 bits per heavy atom. The van der Waals surface area contributed by atoms with E-state index in [0.29, 0.717) is 0 Å². The van der Waals surface area contributed by atoms with Gasteiger partial charge in [-0.05, 0) is 24.0 Å². The topological polar surface area (TPSA) is 0 Å². The minimum Gasteiger partial charge on any atom is -0.143 e. The van der Waals surface area contributed by atoms with Crippen LogP contribution >= 0.6 is 12.6 Å². The first-order valence-electron chi connectivity index (χ1n) is 7.15. The lowest BCUT2D eigenvalue weighted by molar-refractivity contribution is 0.984. The quantitative estimate of drug-likeness (QED) is 0.459. The molecule has 0 atom stereocenters. The van der Waals surface area contributed by atoms with Gasteiger partial charge in [-0.15, -0.1) is 12.6 Å². The minimum absolute atomic E-state index is 1.13. The third kappa shape index (κ3) is 10.7. The van der Waals surface area contributed by atoms with Crippen LogP contribution in [0.4, 0.5) is 0 Å². The maximum Gasteiger partial charge on any atom is 0.00754 e. The summed E-state index contributed by atoms with van der Waals surface area (Å²) in [4.78, 5) is 1.13. The first-order chi connectivity index (χ1) is 10.2. The Labute approximate surface area is 136 Å². The summed E-state index contributed by atoms with van der Waals surface area (Å²) in [5, 5.41) is 0. The number of fused-ring (bicyclic) bond motifs is 1. The summed E-state index contributed by atoms with van der Waals surface area (Å²) in [7, 11) is 0. The molecule has 0 radical (unpaired) electrons. The van der Waals surface area contributed by atoms with Crippen LogP contribution in [0.2, 0.25) is 0 Å². The molecular formula is C20H28S. The van der Waals surface area contributed by atoms with Gasteiger partial charge in [0.25, 0.3) is 0 Å². The number of thiol groups is 1. The Morgan fingerprint density at radius 1 is 0.905 bits per heavy atom. The summed E-state index contributed by atoms with van der Waals surface area (Å²) in [6.07, 6.45) is 11.0. The molecule has 1 aromatic rings. The standard InChI is InChI=1S/C10H10S.2C4H6.C2H6/c11-10-7-3-5-8-4-1-2-6-9(8)10;2*1-3-4-2;1-2/h1-2,4,6-7,11H,3,5H2;2*3-4H,1-2H2;1-2H3. The summed E-state index contributed by atoms with van der Waals surface area (Å²) in [6.45, 7) is 17.4. The molecular weight excluding hydrogens is 272 g/mol. The van der Waals surface area contributed by atoms with Gasteiger partial charge in [0.2, 0.25) is 0 Å². The molecule has 1 aromatic carbocycles. The van der Waals surface area contributed by atoms with Crippen molar-refractivity contribution >= 4 is 17.5 Å². The van der Waals surface area contributed by atoms with Gasteiger partial charge in [0, 0.05) is 4.91 Å². The smallest absolute Gasteiger partial charge is 0.00754 e. The van der Waals surface area contributed by atoms with Gasteiger partial charge in [0.15, 0.2) is 0 Å². The van der Waals surface area contributed by atoms with Gasteiger partial charge in [-0.3, -0.25) is 0 Å². The van der Waals surface area contributed by atoms with E-state index in [1.54, 1.807) is 24.3 Å². The second-order valence-electron chi connectivity index (χ2n) is 3.73. The Kier molecular flexibility index (Phi) is 16.8. The average Bonchev–Trinajstić information content (AvgIpc) is 2.57. The highest BCUT2D eigenvalue weighted by atomic mass is 32.1. The van der Waals surface area contributed by atoms with Crippen molar-refractivity contribution in [3.63, 3.8) is 0 Å². The molecule has 0 aliphatic heterocycles. The fraction of sp³-hybridized carbons (Fsp3) is 0.200. The van der Waals surface area contributed by atoms with Crippen LogP contribution in [0.3, 0.4) is 0 Å². The molecule has 2 rings (SSSR count). The lowest BCUT2D eigenvalue weighted by Crippen LogP contribution is -1.95. The second kappa shape index (κ2) is 16.3. The van der Waals surface area contributed by atoms with Crippen LogP contribution in [0.5, 0.6) is 0 Å². The largest absolute Gasteiger partial charge is 0.143 e. The van der Waals surface area contributed by atoms with Crippen LogP contribution in [-0.2, 0) is 6.42 Å². The molecule has 1 heteroatoms. The highest BCUT2D eigenvalue weighted by molar-refractivity contribution is 7.90. The minimum atomic E-state index is 1.13. The normalized spacial score (nSPS) is 10.3. The first-order valence-corrected chi connectivity index (χ1v) is 7.60. The van der Waals surface area contributed by atoms with Gasteiger partial charge in [-0.25, -0.2) is 0 Å². The molecule has 0 nitrogen and oxygen atoms in total. The summed E-state index contributed by atoms with van der Waals surface area (Å²) in [5.74, 6) is 0. The van der Waals surface area contributed by atoms with Crippen molar-refractivity contribution in [1.29, 1.82) is 0 Å². The maximum absolute atomic E-state index is 4.40. The van der Waals surface area contributed by atoms with E-state index in [4.69, 9.17) is 0 Å². The third-order valence-corrected chi connectivity index (χ3v) is 2.80. The molecule has 0 bridgehead atoms. The Hall–Kier alpha value is -1.73. The van der Waals surface area contributed by atoms with Crippen molar-refractivity contribution in [2.45, 2.75) is 26.7 Å². The van der Waals surface area contributed by atoms with Gasteiger partial charge < -0.3 is 0 Å². The van der Waals surface area contributed by atoms with Crippen LogP contribution in [0.15, 0.2) is 81.0 Å². The monoisotopic (exact) mass is 300 g/mol. The molecule has 0 unspecified atom stereocenters. The molecule has 0 amide bonds. The Bertz CT molecular complexity index is 429. The molecule has 21 heavy (non-hydrogen) atoms. The van der Waals surface area contributed by atoms with Gasteiger partial charge >= 0.3 is 0 Å². The molecule has 0 fully saturated rings. The number of rotatable bonds is 2. The highest BCUT2D eigenvalue weighted by Crippen LogP contribution is 2.27. The summed E-state index contributed by atoms with van der Waals surface area (Å²) in [6, 6.07) is 8.46. The zero-order chi connectivity index (χ0) is 16.5. The second-order valence-corrected chi connectivity index (χ2v) is 4.21. The van der Waals surface area contributed by atoms with E-state index in [1.807, 2.05) is 13.8 Å². The molecule has 0 saturated carbocycles. The van der Waals surface area contributed by atoms with E-state index in [-0.39, 0.29) is 0 Å². The zero-order valence-electron chi connectivity index (χ0n) is 13.4. The van der Waals surface area contributed by atoms with Crippen molar-refractivity contribution in [2.24, 2.45) is 0 Å². The number of aryl methyl sites for hydroxylation is 1. The van der Waals surface area contributed by atoms with Crippen LogP contribution in [0.25, 0.3) is 4.91 Å². The van der Waals surface area contributed by atoms with Crippen LogP contribution in [0, 0.1) is 0 Å². The van der Waals surface area contributed by atoms with E-state index in [0.717, 1.165) is 11.3 Å². The fourth-order valence-corrected chi connectivity index (χ4v) is 1.81. The lowest BCUT2D eigenvalue weighted by atomic mass is 9.97. The van der Waals surface area contributed by atoms with Crippen molar-refractivity contribution < 1.29 is 0 Å². The van der Waals surface area contributed by atoms with Gasteiger partial charge in [-0.2, -0.15) is 0 Å². The molecule has 0 heterocycles. The van der Waals surface area contributed by atoms with E-state index in [9.17, 15) is 0 Å². The van der Waals surface area contributed by atoms with Crippen molar-refractivity contribution in [1.82, 2.24) is 0 Å². The van der Waals surface area contributed by atoms with Crippen LogP contribution in [0.1, 0.15) is 31.4 Å². The van der Waals surface area contributed by atoms with E-state index in [1.165, 1.54) is 17.5 Å². The number of hydrogen-bond donors (Lipinski definition) is 1. The van der Waals surface area contributed by atoms with Crippen LogP contribution < -0.4 is 0 Å². The van der Waals surface area contributed by atoms with E-state index >= 15 is 0 Å². The average molecular weight is 301 g/mol. The lowest BCUT2D eigenvalue weighted by Gasteiger charge is -2.12. The predicted molar refractivity (Wildman–Crippen MR) is 104 cm³/mol. The molecule has 1 aliphatic carbocycles. The van der Waals surface area contributed by atoms with Crippen LogP contribution in [-0.4, -0.2) is 0 Å². The SMILES string of the molecule is C=CC=C.C=CC=C.CC.SC1=CCCc2ccccc21. The molecule has 1 aliphatic rings. The summed E-state index contributed by atoms with van der Waals surface area (Å²) in [5.41, 5.74) is 2.74. The molecule has 0 saturated heterocycles. The van der Waals surface area contributed by atoms with E-state index < -0.39 is 0 Å². The van der Waals surface area contributed by atoms with Crippen molar-refractivity contribution in [2.75, 3.05) is 0 Å². The maximum atomic E-state index is 4.40. The highest BCUT2D eigenvalue weighted by Gasteiger charge is 2.07. The summed E-state index contributed by atoms with van der Waals surface area (Å²) < 4.78 is 0. The third-order valence-electron chi connectivity index (χ3n) is 2.38. The molecule has 114 valence electrons. The molecule has 0 N–H and O–H groups in total. The fourth-order valence-electron chi connectivity index (χ4n) is 1.46. The first kappa shape index (κ1) is 21.6. The predicted octanol–water partition coefficient (Wildman–Crippen LogP) is 6.65. The van der Waals surface area contributed by atoms with Gasteiger partial charge in [-0.1, -0.05) is 94.8 Å². The molecule has 0 aromatic heterocycles. The Morgan fingerprint density at radius 2 is 1.38 bits per heavy atom. The van der Waals surface area contributed by atoms with E-state index in [2.05, 4.69) is 69.3 Å². The van der Waals surface area contributed by atoms with Crippen molar-refractivity contribution in [3.05, 3.63) is 92.1 Å². The number of benzene rings is 1.